The summed E-state index contributed by atoms with van der Waals surface area (Å²) < 4.78 is 6.67. The molecule has 0 radical (unpaired) electrons. The van der Waals surface area contributed by atoms with E-state index in [1.165, 1.54) is 6.26 Å². The highest BCUT2D eigenvalue weighted by atomic mass is 32.1. The Bertz CT molecular complexity index is 1210. The fourth-order valence-electron chi connectivity index (χ4n) is 3.63. The van der Waals surface area contributed by atoms with Crippen LogP contribution < -0.4 is 0 Å². The molecule has 1 saturated carbocycles. The van der Waals surface area contributed by atoms with Crippen LogP contribution in [0.4, 0.5) is 0 Å². The van der Waals surface area contributed by atoms with Gasteiger partial charge in [-0.1, -0.05) is 11.2 Å². The highest BCUT2D eigenvalue weighted by molar-refractivity contribution is 7.13. The zero-order valence-corrected chi connectivity index (χ0v) is 18.3. The maximum absolute atomic E-state index is 13.4. The fraction of sp³-hybridized carbons (Fsp3) is 0.318. The van der Waals surface area contributed by atoms with Gasteiger partial charge in [0.15, 0.2) is 0 Å². The number of hydrogen-bond donors (Lipinski definition) is 0. The molecule has 0 unspecified atom stereocenters. The molecule has 8 nitrogen and oxygen atoms in total. The smallest absolute Gasteiger partial charge is 0.257 e. The molecule has 0 spiro atoms. The third kappa shape index (κ3) is 3.54. The van der Waals surface area contributed by atoms with E-state index in [9.17, 15) is 4.79 Å². The average Bonchev–Trinajstić information content (AvgIpc) is 3.23. The van der Waals surface area contributed by atoms with Gasteiger partial charge in [0.05, 0.1) is 34.1 Å². The van der Waals surface area contributed by atoms with Crippen LogP contribution in [0.1, 0.15) is 59.0 Å². The predicted octanol–water partition coefficient (Wildman–Crippen LogP) is 4.40. The Hall–Kier alpha value is -3.33. The summed E-state index contributed by atoms with van der Waals surface area (Å²) in [5.74, 6) is 0.670. The lowest BCUT2D eigenvalue weighted by Crippen LogP contribution is -2.30. The molecule has 0 aromatic carbocycles. The SMILES string of the molecule is Cc1cnc(-n2ncc(C(=O)N(C)[C@@H](C)c3ccon3)c2C2CC2)nc1-c1cccs1. The van der Waals surface area contributed by atoms with E-state index in [-0.39, 0.29) is 17.9 Å². The normalized spacial score (nSPS) is 14.5. The van der Waals surface area contributed by atoms with Gasteiger partial charge in [0.2, 0.25) is 0 Å². The van der Waals surface area contributed by atoms with Gasteiger partial charge >= 0.3 is 0 Å². The molecular formula is C22H22N6O2S. The molecule has 1 fully saturated rings. The van der Waals surface area contributed by atoms with Gasteiger partial charge in [-0.05, 0) is 43.7 Å². The van der Waals surface area contributed by atoms with Gasteiger partial charge in [0, 0.05) is 25.2 Å². The number of carbonyl (C=O) groups excluding carboxylic acids is 1. The lowest BCUT2D eigenvalue weighted by atomic mass is 10.1. The minimum atomic E-state index is -0.220. The molecule has 1 aliphatic rings. The molecule has 0 bridgehead atoms. The first-order chi connectivity index (χ1) is 15.0. The van der Waals surface area contributed by atoms with E-state index in [1.54, 1.807) is 40.2 Å². The molecule has 31 heavy (non-hydrogen) atoms. The van der Waals surface area contributed by atoms with Crippen LogP contribution >= 0.6 is 11.3 Å². The Labute approximate surface area is 183 Å². The van der Waals surface area contributed by atoms with Gasteiger partial charge in [-0.3, -0.25) is 4.79 Å². The number of hydrogen-bond acceptors (Lipinski definition) is 7. The van der Waals surface area contributed by atoms with E-state index in [2.05, 4.69) is 15.2 Å². The molecular weight excluding hydrogens is 412 g/mol. The third-order valence-electron chi connectivity index (χ3n) is 5.69. The number of thiophene rings is 1. The second-order valence-electron chi connectivity index (χ2n) is 7.82. The Morgan fingerprint density at radius 1 is 1.32 bits per heavy atom. The van der Waals surface area contributed by atoms with Crippen molar-refractivity contribution in [3.63, 3.8) is 0 Å². The first-order valence-corrected chi connectivity index (χ1v) is 11.1. The standard InChI is InChI=1S/C22H22N6O2S/c1-13-11-23-22(25-19(13)18-5-4-10-31-18)28-20(15-6-7-15)16(12-24-28)21(29)27(3)14(2)17-8-9-30-26-17/h4-5,8-12,14-15H,6-7H2,1-3H3/t14-/m0/s1. The summed E-state index contributed by atoms with van der Waals surface area (Å²) in [5, 5.41) is 10.5. The van der Waals surface area contributed by atoms with Crippen LogP contribution in [0, 0.1) is 6.92 Å². The summed E-state index contributed by atoms with van der Waals surface area (Å²) in [7, 11) is 1.77. The van der Waals surface area contributed by atoms with E-state index in [0.717, 1.165) is 34.7 Å². The lowest BCUT2D eigenvalue weighted by molar-refractivity contribution is 0.0736. The first-order valence-electron chi connectivity index (χ1n) is 10.2. The number of nitrogens with zero attached hydrogens (tertiary/aromatic N) is 6. The van der Waals surface area contributed by atoms with E-state index in [0.29, 0.717) is 17.2 Å². The Morgan fingerprint density at radius 2 is 2.16 bits per heavy atom. The van der Waals surface area contributed by atoms with E-state index >= 15 is 0 Å². The maximum Gasteiger partial charge on any atom is 0.257 e. The highest BCUT2D eigenvalue weighted by Crippen LogP contribution is 2.43. The number of aryl methyl sites for hydroxylation is 1. The third-order valence-corrected chi connectivity index (χ3v) is 6.57. The van der Waals surface area contributed by atoms with Crippen molar-refractivity contribution in [3.8, 4) is 16.5 Å². The van der Waals surface area contributed by atoms with Crippen LogP contribution in [0.3, 0.4) is 0 Å². The summed E-state index contributed by atoms with van der Waals surface area (Å²) in [5.41, 5.74) is 4.07. The van der Waals surface area contributed by atoms with Crippen molar-refractivity contribution < 1.29 is 9.32 Å². The van der Waals surface area contributed by atoms with Crippen LogP contribution in [0.2, 0.25) is 0 Å². The second kappa shape index (κ2) is 7.73. The molecule has 1 amide bonds. The Balaban J connectivity index is 1.53. The largest absolute Gasteiger partial charge is 0.364 e. The van der Waals surface area contributed by atoms with E-state index in [4.69, 9.17) is 9.51 Å². The Kier molecular flexibility index (Phi) is 4.90. The second-order valence-corrected chi connectivity index (χ2v) is 8.77. The number of aromatic nitrogens is 5. The van der Waals surface area contributed by atoms with Crippen LogP contribution in [0.15, 0.2) is 46.8 Å². The molecule has 5 rings (SSSR count). The summed E-state index contributed by atoms with van der Waals surface area (Å²) in [6.07, 6.45) is 7.01. The fourth-order valence-corrected chi connectivity index (χ4v) is 4.41. The van der Waals surface area contributed by atoms with Crippen LogP contribution in [-0.2, 0) is 0 Å². The molecule has 0 saturated heterocycles. The molecule has 4 aromatic rings. The zero-order valence-electron chi connectivity index (χ0n) is 17.5. The molecule has 4 heterocycles. The minimum Gasteiger partial charge on any atom is -0.364 e. The molecule has 1 atom stereocenters. The van der Waals surface area contributed by atoms with E-state index < -0.39 is 0 Å². The number of carbonyl (C=O) groups is 1. The first kappa shape index (κ1) is 19.6. The molecule has 0 aliphatic heterocycles. The van der Waals surface area contributed by atoms with Crippen molar-refractivity contribution in [2.75, 3.05) is 7.05 Å². The quantitative estimate of drug-likeness (QED) is 0.447. The van der Waals surface area contributed by atoms with Crippen molar-refractivity contribution in [2.45, 2.75) is 38.6 Å². The van der Waals surface area contributed by atoms with Crippen molar-refractivity contribution >= 4 is 17.2 Å². The molecule has 9 heteroatoms. The predicted molar refractivity (Wildman–Crippen MR) is 116 cm³/mol. The molecule has 4 aromatic heterocycles. The number of amides is 1. The topological polar surface area (TPSA) is 89.9 Å². The minimum absolute atomic E-state index is 0.103. The highest BCUT2D eigenvalue weighted by Gasteiger charge is 2.35. The maximum atomic E-state index is 13.4. The Morgan fingerprint density at radius 3 is 2.84 bits per heavy atom. The van der Waals surface area contributed by atoms with Crippen LogP contribution in [0.5, 0.6) is 0 Å². The summed E-state index contributed by atoms with van der Waals surface area (Å²) in [4.78, 5) is 25.4. The molecule has 0 N–H and O–H groups in total. The zero-order chi connectivity index (χ0) is 21.5. The van der Waals surface area contributed by atoms with Crippen molar-refractivity contribution in [2.24, 2.45) is 0 Å². The van der Waals surface area contributed by atoms with Crippen molar-refractivity contribution in [1.29, 1.82) is 0 Å². The summed E-state index contributed by atoms with van der Waals surface area (Å²) >= 11 is 1.64. The van der Waals surface area contributed by atoms with Crippen molar-refractivity contribution in [3.05, 3.63) is 64.8 Å². The summed E-state index contributed by atoms with van der Waals surface area (Å²) in [6, 6.07) is 5.60. The molecule has 158 valence electrons. The number of rotatable bonds is 6. The van der Waals surface area contributed by atoms with Gasteiger partial charge in [-0.15, -0.1) is 11.3 Å². The van der Waals surface area contributed by atoms with Gasteiger partial charge < -0.3 is 9.42 Å². The lowest BCUT2D eigenvalue weighted by Gasteiger charge is -2.23. The van der Waals surface area contributed by atoms with Crippen molar-refractivity contribution in [1.82, 2.24) is 29.8 Å². The van der Waals surface area contributed by atoms with Gasteiger partial charge in [0.25, 0.3) is 11.9 Å². The molecule has 1 aliphatic carbocycles. The summed E-state index contributed by atoms with van der Waals surface area (Å²) in [6.45, 7) is 3.92. The average molecular weight is 435 g/mol. The van der Waals surface area contributed by atoms with E-state index in [1.807, 2.05) is 37.6 Å². The monoisotopic (exact) mass is 434 g/mol. The van der Waals surface area contributed by atoms with Gasteiger partial charge in [-0.25, -0.2) is 14.6 Å². The van der Waals surface area contributed by atoms with Gasteiger partial charge in [0.1, 0.15) is 12.0 Å². The van der Waals surface area contributed by atoms with Crippen LogP contribution in [-0.4, -0.2) is 42.8 Å². The van der Waals surface area contributed by atoms with Gasteiger partial charge in [-0.2, -0.15) is 5.10 Å². The van der Waals surface area contributed by atoms with Crippen LogP contribution in [0.25, 0.3) is 16.5 Å².